The molecule has 4 nitrogen and oxygen atoms in total. The zero-order chi connectivity index (χ0) is 18.5. The topological polar surface area (TPSA) is 33.4 Å². The van der Waals surface area contributed by atoms with Crippen molar-refractivity contribution in [1.82, 2.24) is 9.55 Å². The number of alkyl halides is 2. The van der Waals surface area contributed by atoms with E-state index in [2.05, 4.69) is 49.8 Å². The summed E-state index contributed by atoms with van der Waals surface area (Å²) in [6.07, 6.45) is 1.87. The fourth-order valence-corrected chi connectivity index (χ4v) is 3.29. The van der Waals surface area contributed by atoms with Gasteiger partial charge in [0.2, 0.25) is 0 Å². The lowest BCUT2D eigenvalue weighted by Crippen LogP contribution is -2.27. The molecular formula is C20H22Cl2N4. The summed E-state index contributed by atoms with van der Waals surface area (Å²) in [5, 5.41) is 0. The Morgan fingerprint density at radius 3 is 2.42 bits per heavy atom. The number of hydrogen-bond donors (Lipinski definition) is 0. The molecule has 0 amide bonds. The first-order valence-corrected chi connectivity index (χ1v) is 9.63. The number of aromatic nitrogens is 2. The molecule has 6 heteroatoms. The Bertz CT molecular complexity index is 894. The molecule has 0 radical (unpaired) electrons. The highest BCUT2D eigenvalue weighted by molar-refractivity contribution is 6.18. The molecule has 2 aromatic carbocycles. The van der Waals surface area contributed by atoms with Crippen LogP contribution in [0, 0.1) is 6.92 Å². The van der Waals surface area contributed by atoms with Crippen molar-refractivity contribution in [2.45, 2.75) is 6.92 Å². The Hall–Kier alpha value is -2.04. The number of aryl methyl sites for hydroxylation is 2. The lowest BCUT2D eigenvalue weighted by Gasteiger charge is -2.22. The van der Waals surface area contributed by atoms with Crippen LogP contribution in [0.5, 0.6) is 0 Å². The van der Waals surface area contributed by atoms with Crippen molar-refractivity contribution < 1.29 is 0 Å². The van der Waals surface area contributed by atoms with Gasteiger partial charge in [0.05, 0.1) is 16.7 Å². The molecule has 0 aliphatic heterocycles. The number of nitrogens with zero attached hydrogens (tertiary/aromatic N) is 4. The van der Waals surface area contributed by atoms with Gasteiger partial charge in [0.1, 0.15) is 5.82 Å². The Morgan fingerprint density at radius 1 is 1.08 bits per heavy atom. The van der Waals surface area contributed by atoms with Crippen LogP contribution in [0.25, 0.3) is 11.0 Å². The predicted molar refractivity (Wildman–Crippen MR) is 113 cm³/mol. The molecule has 26 heavy (non-hydrogen) atoms. The Kier molecular flexibility index (Phi) is 6.17. The van der Waals surface area contributed by atoms with Crippen LogP contribution in [-0.4, -0.2) is 40.6 Å². The fourth-order valence-electron chi connectivity index (χ4n) is 2.88. The molecule has 0 N–H and O–H groups in total. The van der Waals surface area contributed by atoms with E-state index in [1.165, 1.54) is 0 Å². The van der Waals surface area contributed by atoms with E-state index in [0.717, 1.165) is 46.9 Å². The van der Waals surface area contributed by atoms with Crippen molar-refractivity contribution in [1.29, 1.82) is 0 Å². The van der Waals surface area contributed by atoms with Crippen LogP contribution >= 0.6 is 23.2 Å². The van der Waals surface area contributed by atoms with Gasteiger partial charge in [-0.1, -0.05) is 12.1 Å². The van der Waals surface area contributed by atoms with E-state index in [1.807, 2.05) is 32.3 Å². The first-order valence-electron chi connectivity index (χ1n) is 8.56. The number of hydrogen-bond acceptors (Lipinski definition) is 3. The third-order valence-corrected chi connectivity index (χ3v) is 4.76. The Labute approximate surface area is 164 Å². The molecule has 0 unspecified atom stereocenters. The van der Waals surface area contributed by atoms with Gasteiger partial charge in [-0.2, -0.15) is 0 Å². The van der Waals surface area contributed by atoms with E-state index in [1.54, 1.807) is 0 Å². The molecule has 1 aromatic heterocycles. The summed E-state index contributed by atoms with van der Waals surface area (Å²) >= 11 is 11.7. The van der Waals surface area contributed by atoms with Crippen LogP contribution < -0.4 is 4.90 Å². The standard InChI is InChI=1S/C20H22Cl2N4/c1-15-24-19-13-17(5-8-20(19)25(15)2)23-14-16-3-6-18(7-4-16)26(11-9-21)12-10-22/h3-8,13-14H,9-12H2,1-2H3. The molecule has 136 valence electrons. The van der Waals surface area contributed by atoms with E-state index >= 15 is 0 Å². The third kappa shape index (κ3) is 4.19. The molecule has 0 saturated carbocycles. The molecular weight excluding hydrogens is 367 g/mol. The number of imidazole rings is 1. The number of aliphatic imine (C=N–C) groups is 1. The number of rotatable bonds is 7. The highest BCUT2D eigenvalue weighted by atomic mass is 35.5. The first kappa shape index (κ1) is 18.7. The molecule has 0 saturated heterocycles. The molecule has 0 spiro atoms. The molecule has 0 atom stereocenters. The summed E-state index contributed by atoms with van der Waals surface area (Å²) in [6, 6.07) is 14.3. The monoisotopic (exact) mass is 388 g/mol. The minimum Gasteiger partial charge on any atom is -0.369 e. The van der Waals surface area contributed by atoms with Gasteiger partial charge in [-0.15, -0.1) is 23.2 Å². The Morgan fingerprint density at radius 2 is 1.77 bits per heavy atom. The minimum atomic E-state index is 0.579. The second-order valence-electron chi connectivity index (χ2n) is 6.11. The van der Waals surface area contributed by atoms with Crippen molar-refractivity contribution in [2.24, 2.45) is 12.0 Å². The van der Waals surface area contributed by atoms with E-state index in [4.69, 9.17) is 23.2 Å². The smallest absolute Gasteiger partial charge is 0.106 e. The molecule has 0 aliphatic carbocycles. The predicted octanol–water partition coefficient (Wildman–Crippen LogP) is 4.92. The van der Waals surface area contributed by atoms with Crippen LogP contribution in [0.4, 0.5) is 11.4 Å². The maximum absolute atomic E-state index is 5.87. The normalized spacial score (nSPS) is 11.5. The van der Waals surface area contributed by atoms with Gasteiger partial charge in [-0.25, -0.2) is 4.98 Å². The molecule has 0 bridgehead atoms. The average Bonchev–Trinajstić information content (AvgIpc) is 2.94. The van der Waals surface area contributed by atoms with Gasteiger partial charge in [0.25, 0.3) is 0 Å². The van der Waals surface area contributed by atoms with Crippen LogP contribution in [0.2, 0.25) is 0 Å². The van der Waals surface area contributed by atoms with E-state index in [0.29, 0.717) is 11.8 Å². The highest BCUT2D eigenvalue weighted by Gasteiger charge is 2.05. The second kappa shape index (κ2) is 8.56. The lowest BCUT2D eigenvalue weighted by molar-refractivity contribution is 0.874. The molecule has 0 aliphatic rings. The van der Waals surface area contributed by atoms with Crippen LogP contribution in [0.15, 0.2) is 47.5 Å². The number of anilines is 1. The average molecular weight is 389 g/mol. The summed E-state index contributed by atoms with van der Waals surface area (Å²) in [4.78, 5) is 11.3. The number of fused-ring (bicyclic) bond motifs is 1. The number of benzene rings is 2. The summed E-state index contributed by atoms with van der Waals surface area (Å²) in [5.74, 6) is 2.15. The van der Waals surface area contributed by atoms with Crippen molar-refractivity contribution in [2.75, 3.05) is 29.7 Å². The maximum Gasteiger partial charge on any atom is 0.106 e. The summed E-state index contributed by atoms with van der Waals surface area (Å²) < 4.78 is 2.08. The lowest BCUT2D eigenvalue weighted by atomic mass is 10.2. The molecule has 0 fully saturated rings. The largest absolute Gasteiger partial charge is 0.369 e. The summed E-state index contributed by atoms with van der Waals surface area (Å²) in [7, 11) is 2.02. The fraction of sp³-hybridized carbons (Fsp3) is 0.300. The quantitative estimate of drug-likeness (QED) is 0.425. The summed E-state index contributed by atoms with van der Waals surface area (Å²) in [5.41, 5.74) is 5.14. The molecule has 1 heterocycles. The van der Waals surface area contributed by atoms with E-state index in [9.17, 15) is 0 Å². The third-order valence-electron chi connectivity index (χ3n) is 4.42. The molecule has 3 aromatic rings. The molecule has 3 rings (SSSR count). The minimum absolute atomic E-state index is 0.579. The van der Waals surface area contributed by atoms with E-state index in [-0.39, 0.29) is 0 Å². The SMILES string of the molecule is Cc1nc2cc(N=Cc3ccc(N(CCCl)CCCl)cc3)ccc2n1C. The van der Waals surface area contributed by atoms with Crippen LogP contribution in [0.3, 0.4) is 0 Å². The first-order chi connectivity index (χ1) is 12.6. The number of halogens is 2. The zero-order valence-electron chi connectivity index (χ0n) is 15.0. The highest BCUT2D eigenvalue weighted by Crippen LogP contribution is 2.21. The summed E-state index contributed by atoms with van der Waals surface area (Å²) in [6.45, 7) is 3.57. The van der Waals surface area contributed by atoms with Gasteiger partial charge in [0.15, 0.2) is 0 Å². The van der Waals surface area contributed by atoms with Gasteiger partial charge >= 0.3 is 0 Å². The van der Waals surface area contributed by atoms with Crippen LogP contribution in [0.1, 0.15) is 11.4 Å². The van der Waals surface area contributed by atoms with Gasteiger partial charge in [0, 0.05) is 43.8 Å². The maximum atomic E-state index is 5.87. The Balaban J connectivity index is 1.76. The van der Waals surface area contributed by atoms with Crippen molar-refractivity contribution >= 4 is 51.8 Å². The van der Waals surface area contributed by atoms with Crippen molar-refractivity contribution in [3.05, 3.63) is 53.9 Å². The van der Waals surface area contributed by atoms with Gasteiger partial charge < -0.3 is 9.47 Å². The van der Waals surface area contributed by atoms with Gasteiger partial charge in [-0.05, 0) is 42.8 Å². The van der Waals surface area contributed by atoms with E-state index < -0.39 is 0 Å². The van der Waals surface area contributed by atoms with Crippen molar-refractivity contribution in [3.63, 3.8) is 0 Å². The zero-order valence-corrected chi connectivity index (χ0v) is 16.5. The van der Waals surface area contributed by atoms with Crippen molar-refractivity contribution in [3.8, 4) is 0 Å². The van der Waals surface area contributed by atoms with Gasteiger partial charge in [-0.3, -0.25) is 4.99 Å². The second-order valence-corrected chi connectivity index (χ2v) is 6.86. The van der Waals surface area contributed by atoms with Crippen LogP contribution in [-0.2, 0) is 7.05 Å².